The van der Waals surface area contributed by atoms with Crippen LogP contribution in [0.15, 0.2) is 6.07 Å². The summed E-state index contributed by atoms with van der Waals surface area (Å²) in [6, 6.07) is 1.38. The lowest BCUT2D eigenvalue weighted by Crippen LogP contribution is -2.17. The van der Waals surface area contributed by atoms with Crippen molar-refractivity contribution in [1.29, 1.82) is 0 Å². The topological polar surface area (TPSA) is 91.7 Å². The normalized spacial score (nSPS) is 10.6. The molecule has 0 spiro atoms. The van der Waals surface area contributed by atoms with E-state index in [-0.39, 0.29) is 23.3 Å². The summed E-state index contributed by atoms with van der Waals surface area (Å²) in [4.78, 5) is 34.9. The van der Waals surface area contributed by atoms with E-state index in [1.54, 1.807) is 0 Å². The number of carboxylic acid groups (broad SMARTS) is 2. The molecule has 0 aliphatic rings. The predicted octanol–water partition coefficient (Wildman–Crippen LogP) is 3.90. The molecule has 0 amide bonds. The maximum atomic E-state index is 11.7. The number of unbranched alkanes of at least 4 members (excludes halogenated alkanes) is 2. The molecule has 2 N–H and O–H groups in total. The van der Waals surface area contributed by atoms with Gasteiger partial charge < -0.3 is 10.2 Å². The van der Waals surface area contributed by atoms with Gasteiger partial charge in [0.15, 0.2) is 0 Å². The highest BCUT2D eigenvalue weighted by atomic mass is 16.4. The van der Waals surface area contributed by atoms with Crippen LogP contribution in [0.4, 0.5) is 0 Å². The van der Waals surface area contributed by atoms with Gasteiger partial charge in [0.1, 0.15) is 5.78 Å². The summed E-state index contributed by atoms with van der Waals surface area (Å²) in [6.45, 7) is 5.50. The van der Waals surface area contributed by atoms with Gasteiger partial charge in [0.25, 0.3) is 0 Å². The van der Waals surface area contributed by atoms with Crippen LogP contribution in [0, 0.1) is 0 Å². The molecule has 1 rings (SSSR count). The van der Waals surface area contributed by atoms with E-state index in [1.807, 2.05) is 13.8 Å². The third-order valence-electron chi connectivity index (χ3n) is 4.09. The standard InChI is InChI=1S/C19H26O5/c1-4-6-8-14-13(10-12(3)20)11-16(18(21)22)17(19(23)24)15(14)9-7-5-2/h11H,4-10H2,1-3H3,(H,21,22)(H,23,24). The molecular weight excluding hydrogens is 308 g/mol. The maximum absolute atomic E-state index is 11.7. The molecule has 0 aromatic heterocycles. The molecule has 24 heavy (non-hydrogen) atoms. The van der Waals surface area contributed by atoms with Crippen molar-refractivity contribution >= 4 is 17.7 Å². The lowest BCUT2D eigenvalue weighted by atomic mass is 9.85. The van der Waals surface area contributed by atoms with Gasteiger partial charge in [-0.25, -0.2) is 9.59 Å². The minimum atomic E-state index is -1.27. The van der Waals surface area contributed by atoms with Crippen LogP contribution in [0.25, 0.3) is 0 Å². The van der Waals surface area contributed by atoms with Gasteiger partial charge in [0.2, 0.25) is 0 Å². The second-order valence-electron chi connectivity index (χ2n) is 6.11. The molecule has 0 fully saturated rings. The Morgan fingerprint density at radius 3 is 1.88 bits per heavy atom. The molecule has 5 heteroatoms. The summed E-state index contributed by atoms with van der Waals surface area (Å²) in [6.07, 6.45) is 4.79. The number of rotatable bonds is 10. The van der Waals surface area contributed by atoms with Crippen LogP contribution in [-0.4, -0.2) is 27.9 Å². The summed E-state index contributed by atoms with van der Waals surface area (Å²) < 4.78 is 0. The minimum absolute atomic E-state index is 0.0615. The number of aromatic carboxylic acids is 2. The predicted molar refractivity (Wildman–Crippen MR) is 92.0 cm³/mol. The zero-order valence-corrected chi connectivity index (χ0v) is 14.6. The number of carbonyl (C=O) groups excluding carboxylic acids is 1. The Balaban J connectivity index is 3.68. The Hall–Kier alpha value is -2.17. The number of Topliss-reactive ketones (excluding diaryl/α,β-unsaturated/α-hetero) is 1. The van der Waals surface area contributed by atoms with Crippen molar-refractivity contribution in [3.05, 3.63) is 33.9 Å². The Labute approximate surface area is 142 Å². The third kappa shape index (κ3) is 4.91. The van der Waals surface area contributed by atoms with Crippen molar-refractivity contribution < 1.29 is 24.6 Å². The minimum Gasteiger partial charge on any atom is -0.478 e. The average Bonchev–Trinajstić information content (AvgIpc) is 2.49. The monoisotopic (exact) mass is 334 g/mol. The van der Waals surface area contributed by atoms with Crippen molar-refractivity contribution in [3.63, 3.8) is 0 Å². The molecule has 0 atom stereocenters. The number of hydrogen-bond acceptors (Lipinski definition) is 3. The molecule has 0 saturated carbocycles. The smallest absolute Gasteiger partial charge is 0.336 e. The lowest BCUT2D eigenvalue weighted by molar-refractivity contribution is -0.116. The number of ketones is 1. The van der Waals surface area contributed by atoms with Crippen LogP contribution in [0.5, 0.6) is 0 Å². The summed E-state index contributed by atoms with van der Waals surface area (Å²) in [7, 11) is 0. The molecule has 0 bridgehead atoms. The van der Waals surface area contributed by atoms with E-state index in [0.29, 0.717) is 24.0 Å². The zero-order chi connectivity index (χ0) is 18.3. The number of benzene rings is 1. The van der Waals surface area contributed by atoms with Crippen molar-refractivity contribution in [2.45, 2.75) is 65.7 Å². The first-order valence-corrected chi connectivity index (χ1v) is 8.47. The van der Waals surface area contributed by atoms with E-state index in [2.05, 4.69) is 0 Å². The highest BCUT2D eigenvalue weighted by Crippen LogP contribution is 2.28. The highest BCUT2D eigenvalue weighted by Gasteiger charge is 2.25. The Morgan fingerprint density at radius 1 is 0.917 bits per heavy atom. The fourth-order valence-electron chi connectivity index (χ4n) is 2.97. The van der Waals surface area contributed by atoms with Gasteiger partial charge in [-0.2, -0.15) is 0 Å². The van der Waals surface area contributed by atoms with Gasteiger partial charge in [0.05, 0.1) is 11.1 Å². The molecule has 0 radical (unpaired) electrons. The maximum Gasteiger partial charge on any atom is 0.336 e. The van der Waals surface area contributed by atoms with E-state index in [1.165, 1.54) is 13.0 Å². The van der Waals surface area contributed by atoms with E-state index in [4.69, 9.17) is 0 Å². The molecule has 0 aliphatic heterocycles. The molecule has 1 aromatic carbocycles. The summed E-state index contributed by atoms with van der Waals surface area (Å²) in [5.41, 5.74) is 1.76. The summed E-state index contributed by atoms with van der Waals surface area (Å²) in [5.74, 6) is -2.55. The van der Waals surface area contributed by atoms with Crippen LogP contribution in [0.2, 0.25) is 0 Å². The highest BCUT2D eigenvalue weighted by molar-refractivity contribution is 6.03. The quantitative estimate of drug-likeness (QED) is 0.677. The number of carbonyl (C=O) groups is 3. The average molecular weight is 334 g/mol. The fourth-order valence-corrected chi connectivity index (χ4v) is 2.97. The molecule has 132 valence electrons. The van der Waals surface area contributed by atoms with Crippen LogP contribution < -0.4 is 0 Å². The molecule has 0 aliphatic carbocycles. The van der Waals surface area contributed by atoms with Gasteiger partial charge >= 0.3 is 11.9 Å². The van der Waals surface area contributed by atoms with Crippen LogP contribution in [0.3, 0.4) is 0 Å². The lowest BCUT2D eigenvalue weighted by Gasteiger charge is -2.19. The number of carboxylic acids is 2. The molecule has 1 aromatic rings. The first kappa shape index (κ1) is 19.9. The Bertz CT molecular complexity index is 631. The molecule has 0 heterocycles. The molecule has 0 unspecified atom stereocenters. The van der Waals surface area contributed by atoms with Crippen molar-refractivity contribution in [2.75, 3.05) is 0 Å². The zero-order valence-electron chi connectivity index (χ0n) is 14.6. The van der Waals surface area contributed by atoms with Crippen LogP contribution >= 0.6 is 0 Å². The van der Waals surface area contributed by atoms with Gasteiger partial charge in [0, 0.05) is 6.42 Å². The van der Waals surface area contributed by atoms with E-state index in [0.717, 1.165) is 31.2 Å². The Kier molecular flexibility index (Phi) is 7.62. The van der Waals surface area contributed by atoms with Crippen molar-refractivity contribution in [2.24, 2.45) is 0 Å². The first-order chi connectivity index (χ1) is 11.3. The van der Waals surface area contributed by atoms with Crippen molar-refractivity contribution in [1.82, 2.24) is 0 Å². The fraction of sp³-hybridized carbons (Fsp3) is 0.526. The van der Waals surface area contributed by atoms with Crippen molar-refractivity contribution in [3.8, 4) is 0 Å². The van der Waals surface area contributed by atoms with Gasteiger partial charge in [-0.1, -0.05) is 26.7 Å². The van der Waals surface area contributed by atoms with E-state index >= 15 is 0 Å². The van der Waals surface area contributed by atoms with Gasteiger partial charge in [-0.15, -0.1) is 0 Å². The van der Waals surface area contributed by atoms with Gasteiger partial charge in [-0.05, 0) is 55.4 Å². The molecule has 5 nitrogen and oxygen atoms in total. The molecule has 0 saturated heterocycles. The summed E-state index contributed by atoms with van der Waals surface area (Å²) in [5, 5.41) is 19.0. The molecular formula is C19H26O5. The third-order valence-corrected chi connectivity index (χ3v) is 4.09. The van der Waals surface area contributed by atoms with Gasteiger partial charge in [-0.3, -0.25) is 4.79 Å². The first-order valence-electron chi connectivity index (χ1n) is 8.47. The Morgan fingerprint density at radius 2 is 1.46 bits per heavy atom. The number of hydrogen-bond donors (Lipinski definition) is 2. The second-order valence-corrected chi connectivity index (χ2v) is 6.11. The van der Waals surface area contributed by atoms with E-state index in [9.17, 15) is 24.6 Å². The van der Waals surface area contributed by atoms with E-state index < -0.39 is 11.9 Å². The largest absolute Gasteiger partial charge is 0.478 e. The summed E-state index contributed by atoms with van der Waals surface area (Å²) >= 11 is 0. The van der Waals surface area contributed by atoms with Crippen LogP contribution in [0.1, 0.15) is 83.9 Å². The SMILES string of the molecule is CCCCc1c(CC(C)=O)cc(C(=O)O)c(C(=O)O)c1CCCC. The second kappa shape index (κ2) is 9.21. The van der Waals surface area contributed by atoms with Crippen LogP contribution in [-0.2, 0) is 24.1 Å².